The third kappa shape index (κ3) is 1.79. The van der Waals surface area contributed by atoms with Crippen molar-refractivity contribution in [3.8, 4) is 0 Å². The molecule has 4 heterocycles. The van der Waals surface area contributed by atoms with E-state index in [0.717, 1.165) is 44.7 Å². The van der Waals surface area contributed by atoms with Crippen molar-refractivity contribution in [1.29, 1.82) is 0 Å². The first-order chi connectivity index (χ1) is 9.86. The molecule has 0 unspecified atom stereocenters. The fourth-order valence-electron chi connectivity index (χ4n) is 3.10. The lowest BCUT2D eigenvalue weighted by atomic mass is 10.1. The van der Waals surface area contributed by atoms with Gasteiger partial charge >= 0.3 is 0 Å². The van der Waals surface area contributed by atoms with Crippen LogP contribution in [0, 0.1) is 0 Å². The molecule has 1 fully saturated rings. The van der Waals surface area contributed by atoms with Crippen LogP contribution in [0.1, 0.15) is 11.3 Å². The Hall–Kier alpha value is -1.66. The molecular formula is C14H19N5O. The second-order valence-electron chi connectivity index (χ2n) is 5.47. The van der Waals surface area contributed by atoms with Gasteiger partial charge in [-0.25, -0.2) is 4.98 Å². The molecule has 0 radical (unpaired) electrons. The first-order valence-electron chi connectivity index (χ1n) is 7.21. The second-order valence-corrected chi connectivity index (χ2v) is 5.47. The lowest BCUT2D eigenvalue weighted by molar-refractivity contribution is 0.0779. The molecule has 6 heteroatoms. The fourth-order valence-corrected chi connectivity index (χ4v) is 3.10. The van der Waals surface area contributed by atoms with Crippen LogP contribution in [0.3, 0.4) is 0 Å². The zero-order chi connectivity index (χ0) is 13.5. The van der Waals surface area contributed by atoms with Crippen LogP contribution in [0.15, 0.2) is 12.3 Å². The topological polar surface area (TPSA) is 54.7 Å². The van der Waals surface area contributed by atoms with Gasteiger partial charge < -0.3 is 15.0 Å². The SMILES string of the molecule is COC1CN(c2c3c(nc4ccnn24)CCNCC3)C1. The van der Waals surface area contributed by atoms with Gasteiger partial charge in [0.25, 0.3) is 0 Å². The lowest BCUT2D eigenvalue weighted by Crippen LogP contribution is -2.53. The van der Waals surface area contributed by atoms with E-state index in [1.807, 2.05) is 16.8 Å². The molecular weight excluding hydrogens is 254 g/mol. The van der Waals surface area contributed by atoms with Gasteiger partial charge in [0.2, 0.25) is 0 Å². The van der Waals surface area contributed by atoms with E-state index in [9.17, 15) is 0 Å². The van der Waals surface area contributed by atoms with E-state index in [0.29, 0.717) is 6.10 Å². The number of nitrogens with one attached hydrogen (secondary N) is 1. The maximum atomic E-state index is 5.40. The van der Waals surface area contributed by atoms with E-state index in [1.54, 1.807) is 7.11 Å². The maximum absolute atomic E-state index is 5.40. The van der Waals surface area contributed by atoms with Crippen molar-refractivity contribution in [1.82, 2.24) is 19.9 Å². The van der Waals surface area contributed by atoms with Crippen LogP contribution in [0.4, 0.5) is 5.82 Å². The number of hydrogen-bond donors (Lipinski definition) is 1. The molecule has 2 aromatic rings. The lowest BCUT2D eigenvalue weighted by Gasteiger charge is -2.40. The summed E-state index contributed by atoms with van der Waals surface area (Å²) < 4.78 is 7.38. The first-order valence-corrected chi connectivity index (χ1v) is 7.21. The Morgan fingerprint density at radius 3 is 3.00 bits per heavy atom. The Morgan fingerprint density at radius 2 is 2.15 bits per heavy atom. The molecule has 0 amide bonds. The minimum atomic E-state index is 0.341. The molecule has 0 aliphatic carbocycles. The summed E-state index contributed by atoms with van der Waals surface area (Å²) in [6.45, 7) is 3.89. The maximum Gasteiger partial charge on any atom is 0.157 e. The molecule has 4 rings (SSSR count). The third-order valence-electron chi connectivity index (χ3n) is 4.26. The summed E-state index contributed by atoms with van der Waals surface area (Å²) >= 11 is 0. The Morgan fingerprint density at radius 1 is 1.30 bits per heavy atom. The second kappa shape index (κ2) is 4.71. The highest BCUT2D eigenvalue weighted by Crippen LogP contribution is 2.29. The number of methoxy groups -OCH3 is 1. The highest BCUT2D eigenvalue weighted by molar-refractivity contribution is 5.59. The smallest absolute Gasteiger partial charge is 0.157 e. The number of rotatable bonds is 2. The molecule has 0 spiro atoms. The Labute approximate surface area is 117 Å². The van der Waals surface area contributed by atoms with Gasteiger partial charge in [-0.2, -0.15) is 9.61 Å². The quantitative estimate of drug-likeness (QED) is 0.850. The highest BCUT2D eigenvalue weighted by Gasteiger charge is 2.31. The average Bonchev–Trinajstić information content (AvgIpc) is 2.74. The van der Waals surface area contributed by atoms with E-state index in [-0.39, 0.29) is 0 Å². The number of ether oxygens (including phenoxy) is 1. The molecule has 0 atom stereocenters. The largest absolute Gasteiger partial charge is 0.378 e. The number of fused-ring (bicyclic) bond motifs is 2. The molecule has 0 saturated carbocycles. The summed E-state index contributed by atoms with van der Waals surface area (Å²) in [6.07, 6.45) is 4.18. The Kier molecular flexibility index (Phi) is 2.85. The Bertz CT molecular complexity index is 632. The van der Waals surface area contributed by atoms with Gasteiger partial charge in [-0.3, -0.25) is 0 Å². The van der Waals surface area contributed by atoms with E-state index in [4.69, 9.17) is 9.72 Å². The van der Waals surface area contributed by atoms with Crippen LogP contribution in [-0.2, 0) is 17.6 Å². The van der Waals surface area contributed by atoms with Crippen molar-refractivity contribution < 1.29 is 4.74 Å². The van der Waals surface area contributed by atoms with Crippen LogP contribution < -0.4 is 10.2 Å². The summed E-state index contributed by atoms with van der Waals surface area (Å²) in [6, 6.07) is 1.98. The zero-order valence-corrected chi connectivity index (χ0v) is 11.7. The average molecular weight is 273 g/mol. The van der Waals surface area contributed by atoms with E-state index >= 15 is 0 Å². The fraction of sp³-hybridized carbons (Fsp3) is 0.571. The van der Waals surface area contributed by atoms with Gasteiger partial charge in [0.05, 0.1) is 18.0 Å². The van der Waals surface area contributed by atoms with Crippen LogP contribution in [-0.4, -0.2) is 54.0 Å². The van der Waals surface area contributed by atoms with Gasteiger partial charge in [0, 0.05) is 44.8 Å². The monoisotopic (exact) mass is 273 g/mol. The van der Waals surface area contributed by atoms with Crippen LogP contribution >= 0.6 is 0 Å². The van der Waals surface area contributed by atoms with Crippen LogP contribution in [0.5, 0.6) is 0 Å². The zero-order valence-electron chi connectivity index (χ0n) is 11.7. The Balaban J connectivity index is 1.83. The van der Waals surface area contributed by atoms with Crippen molar-refractivity contribution in [3.05, 3.63) is 23.5 Å². The van der Waals surface area contributed by atoms with Crippen molar-refractivity contribution in [3.63, 3.8) is 0 Å². The predicted molar refractivity (Wildman–Crippen MR) is 76.3 cm³/mol. The number of anilines is 1. The highest BCUT2D eigenvalue weighted by atomic mass is 16.5. The summed E-state index contributed by atoms with van der Waals surface area (Å²) in [5.41, 5.74) is 3.51. The minimum absolute atomic E-state index is 0.341. The number of nitrogens with zero attached hydrogens (tertiary/aromatic N) is 4. The predicted octanol–water partition coefficient (Wildman–Crippen LogP) is 0.253. The van der Waals surface area contributed by atoms with Gasteiger partial charge in [-0.15, -0.1) is 0 Å². The molecule has 1 saturated heterocycles. The minimum Gasteiger partial charge on any atom is -0.378 e. The molecule has 20 heavy (non-hydrogen) atoms. The van der Waals surface area contributed by atoms with Crippen molar-refractivity contribution in [2.45, 2.75) is 18.9 Å². The third-order valence-corrected chi connectivity index (χ3v) is 4.26. The van der Waals surface area contributed by atoms with Gasteiger partial charge in [0.15, 0.2) is 5.65 Å². The van der Waals surface area contributed by atoms with E-state index in [1.165, 1.54) is 17.1 Å². The molecule has 0 aromatic carbocycles. The van der Waals surface area contributed by atoms with Crippen molar-refractivity contribution in [2.24, 2.45) is 0 Å². The number of hydrogen-bond acceptors (Lipinski definition) is 5. The summed E-state index contributed by atoms with van der Waals surface area (Å²) in [5, 5.41) is 7.91. The normalized spacial score (nSPS) is 19.8. The molecule has 6 nitrogen and oxygen atoms in total. The molecule has 2 aliphatic rings. The molecule has 106 valence electrons. The molecule has 2 aliphatic heterocycles. The standard InChI is InChI=1S/C14H19N5O/c1-20-10-8-18(9-10)14-11-2-5-15-6-3-12(11)17-13-4-7-16-19(13)14/h4,7,10,15H,2-3,5-6,8-9H2,1H3. The summed E-state index contributed by atoms with van der Waals surface area (Å²) in [4.78, 5) is 7.14. The van der Waals surface area contributed by atoms with Gasteiger partial charge in [0.1, 0.15) is 5.82 Å². The van der Waals surface area contributed by atoms with E-state index in [2.05, 4.69) is 15.3 Å². The first kappa shape index (κ1) is 12.1. The van der Waals surface area contributed by atoms with Crippen LogP contribution in [0.25, 0.3) is 5.65 Å². The summed E-state index contributed by atoms with van der Waals surface area (Å²) in [5.74, 6) is 1.21. The molecule has 0 bridgehead atoms. The van der Waals surface area contributed by atoms with Gasteiger partial charge in [-0.05, 0) is 13.0 Å². The van der Waals surface area contributed by atoms with Crippen molar-refractivity contribution >= 4 is 11.5 Å². The van der Waals surface area contributed by atoms with Gasteiger partial charge in [-0.1, -0.05) is 0 Å². The van der Waals surface area contributed by atoms with E-state index < -0.39 is 0 Å². The molecule has 1 N–H and O–H groups in total. The van der Waals surface area contributed by atoms with Crippen molar-refractivity contribution in [2.75, 3.05) is 38.2 Å². The summed E-state index contributed by atoms with van der Waals surface area (Å²) in [7, 11) is 1.78. The number of aromatic nitrogens is 3. The van der Waals surface area contributed by atoms with Crippen LogP contribution in [0.2, 0.25) is 0 Å². The molecule has 2 aromatic heterocycles.